The summed E-state index contributed by atoms with van der Waals surface area (Å²) in [6.07, 6.45) is 0. The summed E-state index contributed by atoms with van der Waals surface area (Å²) in [6.45, 7) is 3.33. The Labute approximate surface area is 79.8 Å². The van der Waals surface area contributed by atoms with Crippen molar-refractivity contribution in [2.24, 2.45) is 0 Å². The van der Waals surface area contributed by atoms with Gasteiger partial charge in [-0.2, -0.15) is 0 Å². The van der Waals surface area contributed by atoms with Gasteiger partial charge in [-0.25, -0.2) is 0 Å². The van der Waals surface area contributed by atoms with Crippen LogP contribution in [-0.2, 0) is 10.2 Å². The third-order valence-corrected chi connectivity index (χ3v) is 3.32. The van der Waals surface area contributed by atoms with Crippen LogP contribution in [0.2, 0.25) is 5.02 Å². The van der Waals surface area contributed by atoms with Gasteiger partial charge in [-0.3, -0.25) is 4.79 Å². The van der Waals surface area contributed by atoms with Crippen LogP contribution in [0.3, 0.4) is 0 Å². The molecule has 66 valence electrons. The Hall–Kier alpha value is -0.540. The van der Waals surface area contributed by atoms with Crippen LogP contribution >= 0.6 is 22.9 Å². The number of rotatable bonds is 2. The molecule has 0 saturated heterocycles. The van der Waals surface area contributed by atoms with Crippen molar-refractivity contribution in [2.75, 3.05) is 0 Å². The fraction of sp³-hybridized carbons (Fsp3) is 0.375. The van der Waals surface area contributed by atoms with Gasteiger partial charge < -0.3 is 5.11 Å². The van der Waals surface area contributed by atoms with Gasteiger partial charge in [-0.05, 0) is 19.9 Å². The highest BCUT2D eigenvalue weighted by molar-refractivity contribution is 7.10. The normalized spacial score (nSPS) is 11.6. The Bertz CT molecular complexity index is 304. The first-order chi connectivity index (χ1) is 5.44. The second-order valence-corrected chi connectivity index (χ2v) is 4.41. The van der Waals surface area contributed by atoms with Crippen LogP contribution in [0.25, 0.3) is 0 Å². The Balaban J connectivity index is 3.05. The monoisotopic (exact) mass is 204 g/mol. The molecule has 0 unspecified atom stereocenters. The minimum atomic E-state index is -0.836. The first kappa shape index (κ1) is 9.55. The van der Waals surface area contributed by atoms with Crippen molar-refractivity contribution >= 4 is 28.9 Å². The summed E-state index contributed by atoms with van der Waals surface area (Å²) < 4.78 is 0. The minimum Gasteiger partial charge on any atom is -0.481 e. The number of carboxylic acid groups (broad SMARTS) is 1. The maximum absolute atomic E-state index is 10.8. The Morgan fingerprint density at radius 1 is 1.67 bits per heavy atom. The highest BCUT2D eigenvalue weighted by Crippen LogP contribution is 2.31. The van der Waals surface area contributed by atoms with E-state index in [2.05, 4.69) is 0 Å². The summed E-state index contributed by atoms with van der Waals surface area (Å²) in [5.74, 6) is -0.832. The molecule has 0 saturated carbocycles. The lowest BCUT2D eigenvalue weighted by Gasteiger charge is -2.16. The van der Waals surface area contributed by atoms with Crippen molar-refractivity contribution in [1.29, 1.82) is 0 Å². The Kier molecular flexibility index (Phi) is 2.44. The van der Waals surface area contributed by atoms with Gasteiger partial charge in [0.15, 0.2) is 0 Å². The predicted octanol–water partition coefficient (Wildman–Crippen LogP) is 2.76. The summed E-state index contributed by atoms with van der Waals surface area (Å²) in [5, 5.41) is 11.2. The SMILES string of the molecule is CC(C)(C(=O)O)c1cc(Cl)cs1. The van der Waals surface area contributed by atoms with E-state index in [0.717, 1.165) is 4.88 Å². The van der Waals surface area contributed by atoms with E-state index in [1.165, 1.54) is 11.3 Å². The standard InChI is InChI=1S/C8H9ClO2S/c1-8(2,7(10)11)6-3-5(9)4-12-6/h3-4H,1-2H3,(H,10,11). The average molecular weight is 205 g/mol. The molecule has 0 spiro atoms. The second kappa shape index (κ2) is 3.07. The molecular weight excluding hydrogens is 196 g/mol. The number of halogens is 1. The van der Waals surface area contributed by atoms with E-state index in [1.54, 1.807) is 25.3 Å². The van der Waals surface area contributed by atoms with E-state index in [4.69, 9.17) is 16.7 Å². The Morgan fingerprint density at radius 2 is 2.25 bits per heavy atom. The van der Waals surface area contributed by atoms with Gasteiger partial charge in [-0.1, -0.05) is 11.6 Å². The molecule has 4 heteroatoms. The molecule has 0 amide bonds. The average Bonchev–Trinajstić information content (AvgIpc) is 2.35. The largest absolute Gasteiger partial charge is 0.481 e. The van der Waals surface area contributed by atoms with E-state index < -0.39 is 11.4 Å². The zero-order valence-corrected chi connectivity index (χ0v) is 8.37. The van der Waals surface area contributed by atoms with E-state index in [9.17, 15) is 4.79 Å². The molecule has 0 atom stereocenters. The van der Waals surface area contributed by atoms with Crippen LogP contribution in [0.1, 0.15) is 18.7 Å². The molecule has 1 rings (SSSR count). The second-order valence-electron chi connectivity index (χ2n) is 3.06. The van der Waals surface area contributed by atoms with Gasteiger partial charge in [0.25, 0.3) is 0 Å². The molecule has 0 fully saturated rings. The molecule has 1 aromatic heterocycles. The van der Waals surface area contributed by atoms with Crippen LogP contribution in [0, 0.1) is 0 Å². The van der Waals surface area contributed by atoms with Gasteiger partial charge in [0.05, 0.1) is 10.4 Å². The summed E-state index contributed by atoms with van der Waals surface area (Å²) in [4.78, 5) is 11.6. The van der Waals surface area contributed by atoms with Crippen molar-refractivity contribution in [3.05, 3.63) is 21.3 Å². The minimum absolute atomic E-state index is 0.601. The van der Waals surface area contributed by atoms with Crippen molar-refractivity contribution in [1.82, 2.24) is 0 Å². The summed E-state index contributed by atoms with van der Waals surface area (Å²) in [7, 11) is 0. The highest BCUT2D eigenvalue weighted by atomic mass is 35.5. The predicted molar refractivity (Wildman–Crippen MR) is 50.0 cm³/mol. The van der Waals surface area contributed by atoms with Crippen LogP contribution in [0.4, 0.5) is 0 Å². The molecule has 0 aliphatic carbocycles. The summed E-state index contributed by atoms with van der Waals surface area (Å²) >= 11 is 7.06. The summed E-state index contributed by atoms with van der Waals surface area (Å²) in [5.41, 5.74) is -0.836. The quantitative estimate of drug-likeness (QED) is 0.805. The van der Waals surface area contributed by atoms with E-state index in [-0.39, 0.29) is 0 Å². The third kappa shape index (κ3) is 1.62. The van der Waals surface area contributed by atoms with E-state index >= 15 is 0 Å². The van der Waals surface area contributed by atoms with Crippen molar-refractivity contribution in [3.8, 4) is 0 Å². The molecule has 0 aliphatic rings. The summed E-state index contributed by atoms with van der Waals surface area (Å²) in [6, 6.07) is 1.69. The molecule has 1 N–H and O–H groups in total. The molecule has 12 heavy (non-hydrogen) atoms. The lowest BCUT2D eigenvalue weighted by Crippen LogP contribution is -2.27. The molecule has 1 heterocycles. The zero-order valence-electron chi connectivity index (χ0n) is 6.80. The molecule has 2 nitrogen and oxygen atoms in total. The van der Waals surface area contributed by atoms with Crippen LogP contribution in [0.15, 0.2) is 11.4 Å². The van der Waals surface area contributed by atoms with Crippen molar-refractivity contribution < 1.29 is 9.90 Å². The van der Waals surface area contributed by atoms with Gasteiger partial charge >= 0.3 is 5.97 Å². The number of carboxylic acids is 1. The van der Waals surface area contributed by atoms with Crippen LogP contribution in [0.5, 0.6) is 0 Å². The fourth-order valence-electron chi connectivity index (χ4n) is 0.746. The first-order valence-corrected chi connectivity index (χ1v) is 4.68. The van der Waals surface area contributed by atoms with Gasteiger partial charge in [-0.15, -0.1) is 11.3 Å². The first-order valence-electron chi connectivity index (χ1n) is 3.42. The number of aliphatic carboxylic acids is 1. The number of hydrogen-bond acceptors (Lipinski definition) is 2. The van der Waals surface area contributed by atoms with E-state index in [1.807, 2.05) is 0 Å². The van der Waals surface area contributed by atoms with Crippen LogP contribution in [-0.4, -0.2) is 11.1 Å². The maximum Gasteiger partial charge on any atom is 0.314 e. The van der Waals surface area contributed by atoms with Gasteiger partial charge in [0, 0.05) is 10.3 Å². The lowest BCUT2D eigenvalue weighted by molar-refractivity contribution is -0.142. The zero-order chi connectivity index (χ0) is 9.35. The number of carbonyl (C=O) groups is 1. The fourth-order valence-corrected chi connectivity index (χ4v) is 1.94. The molecule has 0 bridgehead atoms. The third-order valence-electron chi connectivity index (χ3n) is 1.72. The molecule has 0 aromatic carbocycles. The molecule has 1 aromatic rings. The molecular formula is C8H9ClO2S. The highest BCUT2D eigenvalue weighted by Gasteiger charge is 2.30. The van der Waals surface area contributed by atoms with Crippen LogP contribution < -0.4 is 0 Å². The van der Waals surface area contributed by atoms with Gasteiger partial charge in [0.1, 0.15) is 0 Å². The van der Waals surface area contributed by atoms with Crippen molar-refractivity contribution in [3.63, 3.8) is 0 Å². The topological polar surface area (TPSA) is 37.3 Å². The lowest BCUT2D eigenvalue weighted by atomic mass is 9.92. The van der Waals surface area contributed by atoms with E-state index in [0.29, 0.717) is 5.02 Å². The molecule has 0 radical (unpaired) electrons. The Morgan fingerprint density at radius 3 is 2.58 bits per heavy atom. The number of hydrogen-bond donors (Lipinski definition) is 1. The molecule has 0 aliphatic heterocycles. The smallest absolute Gasteiger partial charge is 0.314 e. The maximum atomic E-state index is 10.8. The van der Waals surface area contributed by atoms with Gasteiger partial charge in [0.2, 0.25) is 0 Å². The van der Waals surface area contributed by atoms with Crippen molar-refractivity contribution in [2.45, 2.75) is 19.3 Å². The number of thiophene rings is 1.